The predicted octanol–water partition coefficient (Wildman–Crippen LogP) is 3.29. The Hall–Kier alpha value is -2.23. The number of carbonyl (C=O) groups is 1. The quantitative estimate of drug-likeness (QED) is 0.508. The number of hydrogen-bond donors (Lipinski definition) is 1. The Morgan fingerprint density at radius 1 is 1.37 bits per heavy atom. The summed E-state index contributed by atoms with van der Waals surface area (Å²) < 4.78 is 4.03. The fraction of sp³-hybridized carbons (Fsp3) is 0.650. The van der Waals surface area contributed by atoms with Gasteiger partial charge in [0.2, 0.25) is 5.91 Å². The number of rotatable bonds is 6. The van der Waals surface area contributed by atoms with Gasteiger partial charge in [-0.2, -0.15) is 9.78 Å². The van der Waals surface area contributed by atoms with Gasteiger partial charge >= 0.3 is 5.82 Å². The monoisotopic (exact) mass is 476 g/mol. The summed E-state index contributed by atoms with van der Waals surface area (Å²) in [4.78, 5) is 23.7. The highest BCUT2D eigenvalue weighted by Crippen LogP contribution is 2.65. The van der Waals surface area contributed by atoms with Crippen LogP contribution in [0.1, 0.15) is 50.6 Å². The number of amides is 1. The number of hydrogen-bond acceptors (Lipinski definition) is 5. The van der Waals surface area contributed by atoms with Crippen molar-refractivity contribution in [1.29, 1.82) is 0 Å². The van der Waals surface area contributed by atoms with Crippen LogP contribution in [0.3, 0.4) is 0 Å². The fourth-order valence-electron chi connectivity index (χ4n) is 6.75. The average molecular weight is 477 g/mol. The van der Waals surface area contributed by atoms with Crippen molar-refractivity contribution in [3.8, 4) is 0 Å². The highest BCUT2D eigenvalue weighted by molar-refractivity contribution is 9.10. The molecule has 0 spiro atoms. The summed E-state index contributed by atoms with van der Waals surface area (Å²) in [6.45, 7) is 0.474. The Labute approximate surface area is 182 Å². The molecule has 9 nitrogen and oxygen atoms in total. The van der Waals surface area contributed by atoms with Gasteiger partial charge in [0.1, 0.15) is 4.47 Å². The number of halogens is 1. The lowest BCUT2D eigenvalue weighted by Crippen LogP contribution is -2.57. The molecule has 4 bridgehead atoms. The highest BCUT2D eigenvalue weighted by Gasteiger charge is 2.60. The third kappa shape index (κ3) is 3.25. The SMILES string of the molecule is Cn1nccc1CNC(=O)CC12CC3CC(C1)CC(n1cc(Br)c([N+](=O)[O-])n1)(C3)C2. The summed E-state index contributed by atoms with van der Waals surface area (Å²) in [6, 6.07) is 1.91. The van der Waals surface area contributed by atoms with Crippen LogP contribution in [0.4, 0.5) is 5.82 Å². The van der Waals surface area contributed by atoms with Crippen molar-refractivity contribution in [2.24, 2.45) is 24.3 Å². The first kappa shape index (κ1) is 19.7. The molecule has 2 heterocycles. The van der Waals surface area contributed by atoms with E-state index in [4.69, 9.17) is 0 Å². The van der Waals surface area contributed by atoms with E-state index in [-0.39, 0.29) is 22.7 Å². The van der Waals surface area contributed by atoms with Crippen LogP contribution in [0, 0.1) is 27.4 Å². The molecular weight excluding hydrogens is 452 g/mol. The normalized spacial score (nSPS) is 31.8. The van der Waals surface area contributed by atoms with Crippen LogP contribution in [0.25, 0.3) is 0 Å². The standard InChI is InChI=1S/C20H25BrN6O3/c1-25-15(2-3-23-25)10-22-17(28)9-19-5-13-4-14(6-19)8-20(7-13,12-19)26-11-16(21)18(24-26)27(29)30/h2-3,11,13-14H,4-10,12H2,1H3,(H,22,28). The van der Waals surface area contributed by atoms with Crippen molar-refractivity contribution in [3.05, 3.63) is 38.7 Å². The molecule has 4 saturated carbocycles. The summed E-state index contributed by atoms with van der Waals surface area (Å²) in [5.41, 5.74) is 0.704. The minimum Gasteiger partial charge on any atom is -0.358 e. The molecule has 2 aromatic heterocycles. The molecule has 30 heavy (non-hydrogen) atoms. The summed E-state index contributed by atoms with van der Waals surface area (Å²) in [6.07, 6.45) is 10.2. The predicted molar refractivity (Wildman–Crippen MR) is 111 cm³/mol. The lowest BCUT2D eigenvalue weighted by atomic mass is 9.46. The second kappa shape index (κ2) is 6.90. The molecule has 1 N–H and O–H groups in total. The number of nitro groups is 1. The molecule has 2 aromatic rings. The van der Waals surface area contributed by atoms with Crippen molar-refractivity contribution in [2.75, 3.05) is 0 Å². The maximum atomic E-state index is 12.9. The van der Waals surface area contributed by atoms with Gasteiger partial charge in [-0.3, -0.25) is 9.48 Å². The molecule has 2 unspecified atom stereocenters. The fourth-order valence-corrected chi connectivity index (χ4v) is 7.17. The Morgan fingerprint density at radius 3 is 2.70 bits per heavy atom. The van der Waals surface area contributed by atoms with Gasteiger partial charge in [0, 0.05) is 19.7 Å². The van der Waals surface area contributed by atoms with E-state index in [2.05, 4.69) is 31.4 Å². The van der Waals surface area contributed by atoms with Crippen LogP contribution in [0.2, 0.25) is 0 Å². The minimum absolute atomic E-state index is 0.0478. The van der Waals surface area contributed by atoms with E-state index in [1.54, 1.807) is 17.1 Å². The largest absolute Gasteiger partial charge is 0.404 e. The van der Waals surface area contributed by atoms with Crippen molar-refractivity contribution in [3.63, 3.8) is 0 Å². The maximum Gasteiger partial charge on any atom is 0.404 e. The Morgan fingerprint density at radius 2 is 2.10 bits per heavy atom. The lowest BCUT2D eigenvalue weighted by Gasteiger charge is -2.61. The summed E-state index contributed by atoms with van der Waals surface area (Å²) in [5.74, 6) is 1.05. The smallest absolute Gasteiger partial charge is 0.358 e. The van der Waals surface area contributed by atoms with Crippen LogP contribution >= 0.6 is 15.9 Å². The topological polar surface area (TPSA) is 108 Å². The number of nitrogens with one attached hydrogen (secondary N) is 1. The molecule has 0 aromatic carbocycles. The molecule has 2 atom stereocenters. The Balaban J connectivity index is 1.36. The van der Waals surface area contributed by atoms with Gasteiger partial charge in [-0.15, -0.1) is 0 Å². The van der Waals surface area contributed by atoms with Crippen LogP contribution in [0.5, 0.6) is 0 Å². The second-order valence-electron chi connectivity index (χ2n) is 9.59. The zero-order chi connectivity index (χ0) is 21.1. The van der Waals surface area contributed by atoms with Gasteiger partial charge in [-0.05, 0) is 82.7 Å². The molecule has 0 aliphatic heterocycles. The van der Waals surface area contributed by atoms with E-state index in [1.165, 1.54) is 6.42 Å². The van der Waals surface area contributed by atoms with Gasteiger partial charge < -0.3 is 15.4 Å². The first-order chi connectivity index (χ1) is 14.3. The molecule has 160 valence electrons. The third-order valence-electron chi connectivity index (χ3n) is 7.39. The average Bonchev–Trinajstić information content (AvgIpc) is 3.24. The van der Waals surface area contributed by atoms with Gasteiger partial charge in [-0.1, -0.05) is 0 Å². The minimum atomic E-state index is -0.442. The molecule has 4 aliphatic rings. The molecule has 6 rings (SSSR count). The molecule has 0 radical (unpaired) electrons. The van der Waals surface area contributed by atoms with Crippen molar-refractivity contribution < 1.29 is 9.72 Å². The zero-order valence-corrected chi connectivity index (χ0v) is 18.5. The third-order valence-corrected chi connectivity index (χ3v) is 7.95. The van der Waals surface area contributed by atoms with Gasteiger partial charge in [-0.25, -0.2) is 0 Å². The Bertz CT molecular complexity index is 1000. The molecule has 4 fully saturated rings. The van der Waals surface area contributed by atoms with Crippen LogP contribution in [-0.2, 0) is 23.9 Å². The summed E-state index contributed by atoms with van der Waals surface area (Å²) >= 11 is 3.30. The van der Waals surface area contributed by atoms with Crippen LogP contribution in [0.15, 0.2) is 22.9 Å². The maximum absolute atomic E-state index is 12.9. The van der Waals surface area contributed by atoms with E-state index in [0.29, 0.717) is 29.3 Å². The molecule has 1 amide bonds. The van der Waals surface area contributed by atoms with E-state index in [9.17, 15) is 14.9 Å². The zero-order valence-electron chi connectivity index (χ0n) is 16.9. The van der Waals surface area contributed by atoms with E-state index in [1.807, 2.05) is 17.8 Å². The first-order valence-corrected chi connectivity index (χ1v) is 11.2. The number of aryl methyl sites for hydroxylation is 1. The van der Waals surface area contributed by atoms with Crippen LogP contribution in [-0.4, -0.2) is 30.4 Å². The summed E-state index contributed by atoms with van der Waals surface area (Å²) in [5, 5.41) is 22.9. The molecule has 0 saturated heterocycles. The summed E-state index contributed by atoms with van der Waals surface area (Å²) in [7, 11) is 1.87. The van der Waals surface area contributed by atoms with Crippen LogP contribution < -0.4 is 5.32 Å². The van der Waals surface area contributed by atoms with E-state index < -0.39 is 4.92 Å². The lowest BCUT2D eigenvalue weighted by molar-refractivity contribution is -0.390. The van der Waals surface area contributed by atoms with Crippen molar-refractivity contribution in [2.45, 2.75) is 57.0 Å². The molecule has 10 heteroatoms. The van der Waals surface area contributed by atoms with Crippen molar-refractivity contribution >= 4 is 27.7 Å². The molecular formula is C20H25BrN6O3. The first-order valence-electron chi connectivity index (χ1n) is 10.4. The van der Waals surface area contributed by atoms with Gasteiger partial charge in [0.05, 0.1) is 29.1 Å². The van der Waals surface area contributed by atoms with E-state index >= 15 is 0 Å². The number of aromatic nitrogens is 4. The van der Waals surface area contributed by atoms with Crippen molar-refractivity contribution in [1.82, 2.24) is 24.9 Å². The Kier molecular flexibility index (Phi) is 4.53. The second-order valence-corrected chi connectivity index (χ2v) is 10.4. The number of nitrogens with zero attached hydrogens (tertiary/aromatic N) is 5. The van der Waals surface area contributed by atoms with Gasteiger partial charge in [0.25, 0.3) is 0 Å². The van der Waals surface area contributed by atoms with E-state index in [0.717, 1.165) is 37.8 Å². The molecule has 4 aliphatic carbocycles. The highest BCUT2D eigenvalue weighted by atomic mass is 79.9. The number of carbonyl (C=O) groups excluding carboxylic acids is 1. The van der Waals surface area contributed by atoms with Gasteiger partial charge in [0.15, 0.2) is 0 Å².